The minimum absolute atomic E-state index is 0.0898. The number of nitrogens with one attached hydrogen (secondary N) is 1. The van der Waals surface area contributed by atoms with Crippen LogP contribution in [0.5, 0.6) is 5.75 Å². The molecule has 1 aliphatic rings. The summed E-state index contributed by atoms with van der Waals surface area (Å²) < 4.78 is 19.1. The monoisotopic (exact) mass is 545 g/mol. The van der Waals surface area contributed by atoms with Gasteiger partial charge in [0.05, 0.1) is 35.9 Å². The third-order valence-electron chi connectivity index (χ3n) is 4.84. The Morgan fingerprint density at radius 1 is 0.968 bits per heavy atom. The second kappa shape index (κ2) is 11.1. The average molecular weight is 545 g/mol. The molecule has 168 valence electrons. The number of anilines is 1. The number of benzene rings is 2. The number of carbonyl (C=O) groups excluding carboxylic acids is 1. The van der Waals surface area contributed by atoms with E-state index >= 15 is 0 Å². The van der Waals surface area contributed by atoms with Crippen molar-refractivity contribution in [2.45, 2.75) is 43.7 Å². The first-order chi connectivity index (χ1) is 14.9. The molecule has 0 saturated carbocycles. The molecule has 0 amide bonds. The smallest absolute Gasteiger partial charge is 0.310 e. The molecule has 2 aromatic rings. The van der Waals surface area contributed by atoms with Crippen LogP contribution in [0.4, 0.5) is 5.69 Å². The van der Waals surface area contributed by atoms with Crippen molar-refractivity contribution < 1.29 is 39.4 Å². The molecule has 5 N–H and O–H groups in total. The third kappa shape index (κ3) is 6.28. The van der Waals surface area contributed by atoms with Crippen LogP contribution in [-0.2, 0) is 27.3 Å². The van der Waals surface area contributed by atoms with Crippen LogP contribution >= 0.6 is 22.9 Å². The summed E-state index contributed by atoms with van der Waals surface area (Å²) in [4.78, 5) is 12.0. The second-order valence-corrected chi connectivity index (χ2v) is 7.63. The molecule has 0 aliphatic carbocycles. The fraction of sp³-hybridized carbons (Fsp3) is 0.381. The van der Waals surface area contributed by atoms with Crippen LogP contribution in [0.1, 0.15) is 11.1 Å². The number of rotatable bonds is 8. The molecule has 0 spiro atoms. The van der Waals surface area contributed by atoms with Gasteiger partial charge in [0, 0.05) is 5.69 Å². The van der Waals surface area contributed by atoms with Crippen molar-refractivity contribution in [3.63, 3.8) is 0 Å². The van der Waals surface area contributed by atoms with Crippen LogP contribution in [0.25, 0.3) is 0 Å². The quantitative estimate of drug-likeness (QED) is 0.186. The minimum atomic E-state index is -1.51. The third-order valence-corrected chi connectivity index (χ3v) is 5.46. The largest absolute Gasteiger partial charge is 0.462 e. The van der Waals surface area contributed by atoms with E-state index in [1.165, 1.54) is 0 Å². The topological polar surface area (TPSA) is 138 Å². The highest BCUT2D eigenvalue weighted by Gasteiger charge is 2.44. The van der Waals surface area contributed by atoms with E-state index in [9.17, 15) is 25.2 Å². The molecular formula is C21H24INO8. The van der Waals surface area contributed by atoms with Crippen molar-refractivity contribution in [2.24, 2.45) is 0 Å². The molecule has 10 heteroatoms. The first-order valence-electron chi connectivity index (χ1n) is 9.58. The van der Waals surface area contributed by atoms with E-state index in [0.29, 0.717) is 5.75 Å². The molecule has 1 heterocycles. The lowest BCUT2D eigenvalue weighted by atomic mass is 9.99. The van der Waals surface area contributed by atoms with Gasteiger partial charge in [0.2, 0.25) is 6.29 Å². The van der Waals surface area contributed by atoms with Crippen molar-refractivity contribution in [2.75, 3.05) is 10.1 Å². The number of esters is 1. The van der Waals surface area contributed by atoms with Crippen LogP contribution in [-0.4, -0.2) is 63.7 Å². The van der Waals surface area contributed by atoms with Gasteiger partial charge in [0.1, 0.15) is 36.8 Å². The van der Waals surface area contributed by atoms with Gasteiger partial charge in [-0.3, -0.25) is 4.79 Å². The van der Waals surface area contributed by atoms with Crippen molar-refractivity contribution in [3.05, 3.63) is 59.7 Å². The Balaban J connectivity index is 1.50. The van der Waals surface area contributed by atoms with Crippen LogP contribution in [0.15, 0.2) is 48.5 Å². The summed E-state index contributed by atoms with van der Waals surface area (Å²) in [6.45, 7) is -0.443. The Morgan fingerprint density at radius 3 is 2.23 bits per heavy atom. The van der Waals surface area contributed by atoms with Gasteiger partial charge in [0.25, 0.3) is 0 Å². The SMILES string of the molecule is O=C(Cc1ccc(NI)cc1)OCc1ccc(O[C@@H]2OC(CO)[C@H](O)C(O)[C@H]2O)cc1. The molecular weight excluding hydrogens is 521 g/mol. The van der Waals surface area contributed by atoms with Crippen molar-refractivity contribution in [1.29, 1.82) is 0 Å². The van der Waals surface area contributed by atoms with Gasteiger partial charge in [0.15, 0.2) is 0 Å². The Kier molecular flexibility index (Phi) is 8.46. The Hall–Kier alpha value is -1.96. The Bertz CT molecular complexity index is 845. The Labute approximate surface area is 193 Å². The second-order valence-electron chi connectivity index (χ2n) is 7.09. The van der Waals surface area contributed by atoms with E-state index in [4.69, 9.17) is 14.2 Å². The van der Waals surface area contributed by atoms with Gasteiger partial charge in [-0.05, 0) is 35.4 Å². The average Bonchev–Trinajstić information content (AvgIpc) is 2.79. The summed E-state index contributed by atoms with van der Waals surface area (Å²) in [6, 6.07) is 14.0. The predicted molar refractivity (Wildman–Crippen MR) is 118 cm³/mol. The summed E-state index contributed by atoms with van der Waals surface area (Å²) in [5.74, 6) is -0.0137. The van der Waals surface area contributed by atoms with Crippen LogP contribution < -0.4 is 8.27 Å². The summed E-state index contributed by atoms with van der Waals surface area (Å²) in [7, 11) is 0. The van der Waals surface area contributed by atoms with Crippen molar-refractivity contribution in [1.82, 2.24) is 0 Å². The number of halogens is 1. The van der Waals surface area contributed by atoms with E-state index in [1.807, 2.05) is 47.1 Å². The lowest BCUT2D eigenvalue weighted by Crippen LogP contribution is -2.60. The normalized spacial score (nSPS) is 25.6. The van der Waals surface area contributed by atoms with Crippen molar-refractivity contribution in [3.8, 4) is 5.75 Å². The standard InChI is InChI=1S/C21H24INO8/c22-23-14-5-1-12(2-6-14)9-17(25)29-11-13-3-7-15(8-4-13)30-21-20(28)19(27)18(26)16(10-24)31-21/h1-8,16,18-21,23-24,26-28H,9-11H2/t16?,18-,19?,20+,21+/m0/s1. The van der Waals surface area contributed by atoms with E-state index < -0.39 is 37.3 Å². The van der Waals surface area contributed by atoms with E-state index in [0.717, 1.165) is 16.8 Å². The maximum absolute atomic E-state index is 12.0. The van der Waals surface area contributed by atoms with Crippen molar-refractivity contribution >= 4 is 34.5 Å². The van der Waals surface area contributed by atoms with E-state index in [1.54, 1.807) is 24.3 Å². The highest BCUT2D eigenvalue weighted by molar-refractivity contribution is 14.1. The molecule has 2 aromatic carbocycles. The van der Waals surface area contributed by atoms with Crippen LogP contribution in [0.3, 0.4) is 0 Å². The highest BCUT2D eigenvalue weighted by atomic mass is 127. The summed E-state index contributed by atoms with van der Waals surface area (Å²) in [5.41, 5.74) is 2.53. The van der Waals surface area contributed by atoms with Gasteiger partial charge in [-0.2, -0.15) is 0 Å². The summed E-state index contributed by atoms with van der Waals surface area (Å²) in [6.07, 6.45) is -6.58. The molecule has 5 atom stereocenters. The van der Waals surface area contributed by atoms with E-state index in [2.05, 4.69) is 3.53 Å². The molecule has 1 saturated heterocycles. The van der Waals surface area contributed by atoms with Crippen LogP contribution in [0, 0.1) is 0 Å². The predicted octanol–water partition coefficient (Wildman–Crippen LogP) is 0.913. The zero-order valence-electron chi connectivity index (χ0n) is 16.4. The first-order valence-corrected chi connectivity index (χ1v) is 10.7. The van der Waals surface area contributed by atoms with Gasteiger partial charge in [-0.1, -0.05) is 24.3 Å². The highest BCUT2D eigenvalue weighted by Crippen LogP contribution is 2.24. The van der Waals surface area contributed by atoms with E-state index in [-0.39, 0.29) is 19.0 Å². The van der Waals surface area contributed by atoms with Gasteiger partial charge < -0.3 is 38.2 Å². The molecule has 0 aromatic heterocycles. The molecule has 0 radical (unpaired) electrons. The fourth-order valence-corrected chi connectivity index (χ4v) is 3.39. The summed E-state index contributed by atoms with van der Waals surface area (Å²) in [5, 5.41) is 38.9. The van der Waals surface area contributed by atoms with Gasteiger partial charge >= 0.3 is 5.97 Å². The molecule has 9 nitrogen and oxygen atoms in total. The number of hydrogen-bond donors (Lipinski definition) is 5. The number of aliphatic hydroxyl groups is 4. The zero-order chi connectivity index (χ0) is 22.4. The number of aliphatic hydroxyl groups excluding tert-OH is 4. The lowest BCUT2D eigenvalue weighted by Gasteiger charge is -2.39. The number of ether oxygens (including phenoxy) is 3. The first kappa shape index (κ1) is 23.7. The molecule has 1 aliphatic heterocycles. The fourth-order valence-electron chi connectivity index (χ4n) is 3.03. The maximum Gasteiger partial charge on any atom is 0.310 e. The lowest BCUT2D eigenvalue weighted by molar-refractivity contribution is -0.277. The van der Waals surface area contributed by atoms with Gasteiger partial charge in [-0.15, -0.1) is 0 Å². The molecule has 2 unspecified atom stereocenters. The number of hydrogen-bond acceptors (Lipinski definition) is 9. The maximum atomic E-state index is 12.0. The van der Waals surface area contributed by atoms with Gasteiger partial charge in [-0.25, -0.2) is 0 Å². The molecule has 3 rings (SSSR count). The summed E-state index contributed by atoms with van der Waals surface area (Å²) >= 11 is 2.03. The van der Waals surface area contributed by atoms with Crippen LogP contribution in [0.2, 0.25) is 0 Å². The zero-order valence-corrected chi connectivity index (χ0v) is 18.6. The Morgan fingerprint density at radius 2 is 1.61 bits per heavy atom. The minimum Gasteiger partial charge on any atom is -0.462 e. The number of carbonyl (C=O) groups is 1. The molecule has 31 heavy (non-hydrogen) atoms. The molecule has 0 bridgehead atoms. The molecule has 1 fully saturated rings.